The van der Waals surface area contributed by atoms with E-state index in [4.69, 9.17) is 11.6 Å². The zero-order chi connectivity index (χ0) is 22.2. The molecule has 7 nitrogen and oxygen atoms in total. The minimum Gasteiger partial charge on any atom is -0.342 e. The van der Waals surface area contributed by atoms with Crippen LogP contribution >= 0.6 is 11.6 Å². The van der Waals surface area contributed by atoms with E-state index in [1.54, 1.807) is 0 Å². The van der Waals surface area contributed by atoms with Crippen molar-refractivity contribution in [1.29, 1.82) is 0 Å². The molecule has 0 aliphatic heterocycles. The van der Waals surface area contributed by atoms with Crippen LogP contribution in [-0.4, -0.2) is 30.5 Å². The zero-order valence-corrected chi connectivity index (χ0v) is 16.2. The third-order valence-corrected chi connectivity index (χ3v) is 4.29. The lowest BCUT2D eigenvalue weighted by Crippen LogP contribution is -2.29. The summed E-state index contributed by atoms with van der Waals surface area (Å²) in [7, 11) is 1.45. The largest absolute Gasteiger partial charge is 0.416 e. The molecule has 0 spiro atoms. The minimum atomic E-state index is -4.68. The molecule has 0 aliphatic rings. The van der Waals surface area contributed by atoms with Crippen molar-refractivity contribution in [3.05, 3.63) is 58.4 Å². The molecule has 0 radical (unpaired) electrons. The minimum absolute atomic E-state index is 0.0387. The van der Waals surface area contributed by atoms with Crippen LogP contribution in [0, 0.1) is 0 Å². The highest BCUT2D eigenvalue weighted by Crippen LogP contribution is 2.32. The number of benzene rings is 1. The van der Waals surface area contributed by atoms with Gasteiger partial charge in [0.25, 0.3) is 12.3 Å². The Morgan fingerprint density at radius 2 is 1.93 bits per heavy atom. The Morgan fingerprint density at radius 3 is 2.57 bits per heavy atom. The first-order valence-corrected chi connectivity index (χ1v) is 8.75. The Labute approximate surface area is 171 Å². The predicted molar refractivity (Wildman–Crippen MR) is 95.4 cm³/mol. The molecule has 0 bridgehead atoms. The van der Waals surface area contributed by atoms with Crippen LogP contribution in [0.1, 0.15) is 46.8 Å². The maximum Gasteiger partial charge on any atom is 0.416 e. The Bertz CT molecular complexity index is 1080. The van der Waals surface area contributed by atoms with Crippen molar-refractivity contribution in [3.8, 4) is 5.69 Å². The number of aromatic nitrogens is 5. The smallest absolute Gasteiger partial charge is 0.342 e. The van der Waals surface area contributed by atoms with Gasteiger partial charge in [-0.3, -0.25) is 9.48 Å². The van der Waals surface area contributed by atoms with Crippen LogP contribution in [0.5, 0.6) is 0 Å². The maximum atomic E-state index is 13.3. The molecule has 160 valence electrons. The van der Waals surface area contributed by atoms with Crippen molar-refractivity contribution in [1.82, 2.24) is 29.9 Å². The van der Waals surface area contributed by atoms with Crippen LogP contribution in [-0.2, 0) is 13.2 Å². The molecule has 1 N–H and O–H groups in total. The first-order valence-electron chi connectivity index (χ1n) is 8.38. The first-order chi connectivity index (χ1) is 14.0. The van der Waals surface area contributed by atoms with Crippen molar-refractivity contribution in [2.45, 2.75) is 25.6 Å². The average molecular weight is 449 g/mol. The second-order valence-electron chi connectivity index (χ2n) is 6.33. The highest BCUT2D eigenvalue weighted by atomic mass is 35.5. The van der Waals surface area contributed by atoms with Crippen molar-refractivity contribution in [2.75, 3.05) is 0 Å². The molecule has 3 rings (SSSR count). The van der Waals surface area contributed by atoms with Crippen LogP contribution in [0.25, 0.3) is 5.69 Å². The van der Waals surface area contributed by atoms with Gasteiger partial charge in [-0.05, 0) is 25.1 Å². The lowest BCUT2D eigenvalue weighted by Gasteiger charge is -2.15. The first kappa shape index (κ1) is 21.7. The van der Waals surface area contributed by atoms with E-state index in [2.05, 4.69) is 20.5 Å². The van der Waals surface area contributed by atoms with E-state index < -0.39 is 35.8 Å². The van der Waals surface area contributed by atoms with Gasteiger partial charge in [0.15, 0.2) is 11.5 Å². The monoisotopic (exact) mass is 448 g/mol. The normalized spacial score (nSPS) is 13.0. The second-order valence-corrected chi connectivity index (χ2v) is 6.76. The summed E-state index contributed by atoms with van der Waals surface area (Å²) in [5.41, 5.74) is -1.97. The number of amides is 1. The van der Waals surface area contributed by atoms with Gasteiger partial charge in [-0.2, -0.15) is 23.4 Å². The van der Waals surface area contributed by atoms with E-state index in [-0.39, 0.29) is 22.1 Å². The summed E-state index contributed by atoms with van der Waals surface area (Å²) in [5, 5.41) is 9.79. The van der Waals surface area contributed by atoms with Crippen molar-refractivity contribution >= 4 is 17.5 Å². The molecule has 3 aromatic rings. The topological polar surface area (TPSA) is 77.6 Å². The van der Waals surface area contributed by atoms with E-state index in [0.29, 0.717) is 12.1 Å². The highest BCUT2D eigenvalue weighted by molar-refractivity contribution is 6.31. The maximum absolute atomic E-state index is 13.3. The number of hydrogen-bond donors (Lipinski definition) is 1. The molecule has 1 amide bonds. The number of carbonyl (C=O) groups is 1. The van der Waals surface area contributed by atoms with Gasteiger partial charge in [0.2, 0.25) is 0 Å². The number of alkyl halides is 5. The Balaban J connectivity index is 1.89. The second kappa shape index (κ2) is 8.01. The van der Waals surface area contributed by atoms with Crippen LogP contribution in [0.2, 0.25) is 5.02 Å². The number of nitrogens with one attached hydrogen (secondary N) is 1. The quantitative estimate of drug-likeness (QED) is 0.596. The van der Waals surface area contributed by atoms with Crippen LogP contribution in [0.4, 0.5) is 22.0 Å². The fraction of sp³-hybridized carbons (Fsp3) is 0.294. The summed E-state index contributed by atoms with van der Waals surface area (Å²) in [6, 6.07) is 1.56. The van der Waals surface area contributed by atoms with Crippen molar-refractivity contribution in [3.63, 3.8) is 0 Å². The van der Waals surface area contributed by atoms with Crippen molar-refractivity contribution < 1.29 is 26.7 Å². The van der Waals surface area contributed by atoms with E-state index in [1.807, 2.05) is 0 Å². The SMILES string of the molecule is C[C@H](NC(=O)c1cc(Cl)cc(C(F)(F)F)c1)c1ncnn1-c1cn(C)nc1C(F)F. The van der Waals surface area contributed by atoms with Gasteiger partial charge in [0.1, 0.15) is 12.0 Å². The van der Waals surface area contributed by atoms with E-state index >= 15 is 0 Å². The number of nitrogens with zero attached hydrogens (tertiary/aromatic N) is 5. The summed E-state index contributed by atoms with van der Waals surface area (Å²) in [4.78, 5) is 16.5. The summed E-state index contributed by atoms with van der Waals surface area (Å²) in [6.45, 7) is 1.48. The van der Waals surface area contributed by atoms with Gasteiger partial charge in [0.05, 0.1) is 17.8 Å². The molecule has 0 aliphatic carbocycles. The van der Waals surface area contributed by atoms with Gasteiger partial charge in [-0.25, -0.2) is 18.4 Å². The fourth-order valence-corrected chi connectivity index (χ4v) is 3.01. The number of rotatable bonds is 5. The Morgan fingerprint density at radius 1 is 1.23 bits per heavy atom. The van der Waals surface area contributed by atoms with E-state index in [1.165, 1.54) is 24.9 Å². The van der Waals surface area contributed by atoms with Gasteiger partial charge < -0.3 is 5.32 Å². The summed E-state index contributed by atoms with van der Waals surface area (Å²) in [6.07, 6.45) is -5.16. The molecule has 0 saturated carbocycles. The number of halogens is 6. The molecular formula is C17H14ClF5N6O. The van der Waals surface area contributed by atoms with Gasteiger partial charge in [-0.15, -0.1) is 0 Å². The molecule has 13 heteroatoms. The lowest BCUT2D eigenvalue weighted by molar-refractivity contribution is -0.137. The summed E-state index contributed by atoms with van der Waals surface area (Å²) >= 11 is 5.70. The van der Waals surface area contributed by atoms with Crippen LogP contribution in [0.3, 0.4) is 0 Å². The molecule has 1 atom stereocenters. The number of carbonyl (C=O) groups excluding carboxylic acids is 1. The zero-order valence-electron chi connectivity index (χ0n) is 15.5. The molecular weight excluding hydrogens is 435 g/mol. The summed E-state index contributed by atoms with van der Waals surface area (Å²) < 4.78 is 67.7. The lowest BCUT2D eigenvalue weighted by atomic mass is 10.1. The summed E-state index contributed by atoms with van der Waals surface area (Å²) in [5.74, 6) is -0.776. The predicted octanol–water partition coefficient (Wildman–Crippen LogP) is 4.10. The number of aryl methyl sites for hydroxylation is 1. The molecule has 30 heavy (non-hydrogen) atoms. The molecule has 0 unspecified atom stereocenters. The molecule has 0 fully saturated rings. The number of hydrogen-bond acceptors (Lipinski definition) is 4. The van der Waals surface area contributed by atoms with E-state index in [9.17, 15) is 26.7 Å². The molecule has 0 saturated heterocycles. The molecule has 2 heterocycles. The van der Waals surface area contributed by atoms with Gasteiger partial charge in [-0.1, -0.05) is 11.6 Å². The molecule has 1 aromatic carbocycles. The Hall–Kier alpha value is -3.02. The van der Waals surface area contributed by atoms with E-state index in [0.717, 1.165) is 17.1 Å². The third-order valence-electron chi connectivity index (χ3n) is 4.07. The van der Waals surface area contributed by atoms with Crippen molar-refractivity contribution in [2.24, 2.45) is 7.05 Å². The highest BCUT2D eigenvalue weighted by Gasteiger charge is 2.32. The fourth-order valence-electron chi connectivity index (χ4n) is 2.77. The Kier molecular flexibility index (Phi) is 5.79. The third kappa shape index (κ3) is 4.42. The van der Waals surface area contributed by atoms with Crippen LogP contribution < -0.4 is 5.32 Å². The van der Waals surface area contributed by atoms with Crippen LogP contribution in [0.15, 0.2) is 30.7 Å². The average Bonchev–Trinajstić information content (AvgIpc) is 3.26. The molecule has 2 aromatic heterocycles. The standard InChI is InChI=1S/C17H14ClF5N6O/c1-8(26-16(30)9-3-10(17(21,22)23)5-11(18)4-9)15-24-7-25-29(15)12-6-28(2)27-13(12)14(19)20/h3-8,14H,1-2H3,(H,26,30)/t8-/m0/s1. The van der Waals surface area contributed by atoms with Gasteiger partial charge in [0, 0.05) is 17.6 Å². The van der Waals surface area contributed by atoms with Gasteiger partial charge >= 0.3 is 6.18 Å².